The molecule has 5 aromatic carbocycles. The van der Waals surface area contributed by atoms with Crippen LogP contribution in [-0.2, 0) is 15.6 Å². The number of hydrogen-bond donors (Lipinski definition) is 1. The molecule has 3 aliphatic rings. The van der Waals surface area contributed by atoms with Gasteiger partial charge in [0.05, 0.1) is 27.0 Å². The number of para-hydroxylation sites is 2. The molecule has 0 atom stereocenters. The van der Waals surface area contributed by atoms with Crippen molar-refractivity contribution in [1.29, 1.82) is 0 Å². The molecule has 0 radical (unpaired) electrons. The van der Waals surface area contributed by atoms with E-state index in [2.05, 4.69) is 81.3 Å². The molecule has 0 fully saturated rings. The number of hydrogen-bond acceptors (Lipinski definition) is 5. The molecule has 0 saturated heterocycles. The van der Waals surface area contributed by atoms with Crippen molar-refractivity contribution in [3.63, 3.8) is 0 Å². The van der Waals surface area contributed by atoms with Crippen LogP contribution in [0, 0.1) is 20.9 Å². The second-order valence-corrected chi connectivity index (χ2v) is 16.4. The van der Waals surface area contributed by atoms with Crippen LogP contribution in [0.4, 0.5) is 11.4 Å². The van der Waals surface area contributed by atoms with Gasteiger partial charge in [0.1, 0.15) is 12.3 Å². The smallest absolute Gasteiger partial charge is 0.209 e. The molecule has 0 spiro atoms. The van der Waals surface area contributed by atoms with Crippen molar-refractivity contribution in [1.82, 2.24) is 0 Å². The Bertz CT molecular complexity index is 2890. The van der Waals surface area contributed by atoms with Crippen LogP contribution in [0.5, 0.6) is 0 Å². The van der Waals surface area contributed by atoms with Crippen molar-refractivity contribution in [2.45, 2.75) is 78.1 Å². The third-order valence-corrected chi connectivity index (χ3v) is 12.2. The summed E-state index contributed by atoms with van der Waals surface area (Å²) in [5.41, 5.74) is 6.31. The molecule has 0 saturated carbocycles. The number of allylic oxidation sites excluding steroid dienone is 4. The van der Waals surface area contributed by atoms with E-state index in [4.69, 9.17) is 0 Å². The van der Waals surface area contributed by atoms with Crippen LogP contribution in [0.25, 0.3) is 11.6 Å². The van der Waals surface area contributed by atoms with Gasteiger partial charge in [-0.1, -0.05) is 125 Å². The molecular formula is C50H49N2O4+. The highest BCUT2D eigenvalue weighted by molar-refractivity contribution is 6.37. The number of rotatable bonds is 8. The number of fused-ring (bicyclic) bond motifs is 2. The zero-order valence-corrected chi connectivity index (χ0v) is 33.2. The maximum Gasteiger partial charge on any atom is 0.209 e. The molecule has 6 nitrogen and oxygen atoms in total. The summed E-state index contributed by atoms with van der Waals surface area (Å²) in [4.78, 5) is 43.0. The Morgan fingerprint density at radius 2 is 1.23 bits per heavy atom. The number of unbranched alkanes of at least 4 members (excludes halogenated alkanes) is 2. The standard InChI is InChI=1S/C50H48N2O4/c1-7-9-27-51-39-17-13-11-15-37(39)49(3,4)41(51)29-35-45(53)43(46(35)54)33-23-19-31(20-24-33)32-21-25-34(26-22-32)44-47(55)36(48(44)56)30-42-50(5,6)38-16-12-14-18-40(38)52(42)28-10-8-2/h11-26,29-30H,7-10,27-28H2,1-6H3/p+1. The summed E-state index contributed by atoms with van der Waals surface area (Å²) in [6.45, 7) is 14.7. The van der Waals surface area contributed by atoms with Crippen LogP contribution in [0.1, 0.15) is 78.4 Å². The molecule has 6 heteroatoms. The summed E-state index contributed by atoms with van der Waals surface area (Å²) in [5, 5.41) is 14.8. The number of Topliss-reactive ketones (excluding diaryl/α,β-unsaturated/α-hetero) is 1. The van der Waals surface area contributed by atoms with E-state index in [1.165, 1.54) is 11.1 Å². The maximum atomic E-state index is 13.6. The normalized spacial score (nSPS) is 17.5. The molecule has 1 N–H and O–H groups in total. The highest BCUT2D eigenvalue weighted by Gasteiger charge is 2.45. The van der Waals surface area contributed by atoms with Gasteiger partial charge in [0.25, 0.3) is 0 Å². The minimum absolute atomic E-state index is 0.0233. The highest BCUT2D eigenvalue weighted by atomic mass is 16.3. The average molecular weight is 742 g/mol. The SMILES string of the molecule is CCCCN1C(=CC2=C(O)C(=c3ccc(=c4ccc(=c5c(=O)c(=CC6=[N+](CCCC)c7ccccc7C6(C)C)c5=O)cc4)cc3)C2=O)C(C)(C)c2ccccc21. The Kier molecular flexibility index (Phi) is 9.27. The van der Waals surface area contributed by atoms with Crippen LogP contribution in [0.15, 0.2) is 130 Å². The summed E-state index contributed by atoms with van der Waals surface area (Å²) in [6, 6.07) is 31.7. The lowest BCUT2D eigenvalue weighted by atomic mass is 9.80. The second kappa shape index (κ2) is 14.0. The third kappa shape index (κ3) is 5.77. The molecule has 0 amide bonds. The van der Waals surface area contributed by atoms with Crippen LogP contribution < -0.4 is 26.2 Å². The number of aliphatic hydroxyl groups excluding tert-OH is 1. The summed E-state index contributed by atoms with van der Waals surface area (Å²) in [7, 11) is 0. The van der Waals surface area contributed by atoms with Gasteiger partial charge in [0.15, 0.2) is 5.71 Å². The van der Waals surface area contributed by atoms with Gasteiger partial charge in [-0.2, -0.15) is 4.58 Å². The van der Waals surface area contributed by atoms with E-state index in [9.17, 15) is 19.5 Å². The molecule has 8 rings (SSSR count). The van der Waals surface area contributed by atoms with Crippen molar-refractivity contribution >= 4 is 34.5 Å². The molecule has 0 bridgehead atoms. The minimum Gasteiger partial charge on any atom is -0.506 e. The van der Waals surface area contributed by atoms with Crippen molar-refractivity contribution in [2.75, 3.05) is 18.0 Å². The predicted octanol–water partition coefficient (Wildman–Crippen LogP) is 7.54. The number of carbonyl (C=O) groups is 1. The molecule has 56 heavy (non-hydrogen) atoms. The first kappa shape index (κ1) is 37.1. The zero-order chi connectivity index (χ0) is 39.5. The van der Waals surface area contributed by atoms with Crippen molar-refractivity contribution in [3.8, 4) is 0 Å². The molecule has 282 valence electrons. The monoisotopic (exact) mass is 741 g/mol. The van der Waals surface area contributed by atoms with E-state index in [1.807, 2.05) is 78.9 Å². The Hall–Kier alpha value is -5.88. The minimum atomic E-state index is -0.333. The van der Waals surface area contributed by atoms with Crippen LogP contribution in [0.2, 0.25) is 0 Å². The number of anilines is 1. The van der Waals surface area contributed by atoms with Gasteiger partial charge in [0.2, 0.25) is 22.3 Å². The molecule has 2 aliphatic heterocycles. The van der Waals surface area contributed by atoms with Crippen LogP contribution in [0.3, 0.4) is 0 Å². The van der Waals surface area contributed by atoms with E-state index < -0.39 is 0 Å². The number of aliphatic hydroxyl groups is 1. The number of nitrogens with zero attached hydrogens (tertiary/aromatic N) is 2. The van der Waals surface area contributed by atoms with Crippen LogP contribution in [-0.4, -0.2) is 34.3 Å². The van der Waals surface area contributed by atoms with Crippen LogP contribution >= 0.6 is 0 Å². The Morgan fingerprint density at radius 3 is 1.86 bits per heavy atom. The molecule has 1 aliphatic carbocycles. The first-order valence-electron chi connectivity index (χ1n) is 20.0. The fraction of sp³-hybridized carbons (Fsp3) is 0.280. The van der Waals surface area contributed by atoms with E-state index in [-0.39, 0.29) is 43.7 Å². The quantitative estimate of drug-likeness (QED) is 0.167. The summed E-state index contributed by atoms with van der Waals surface area (Å²) < 4.78 is 2.27. The molecule has 0 aromatic heterocycles. The Labute approximate surface area is 327 Å². The van der Waals surface area contributed by atoms with E-state index in [0.717, 1.165) is 72.0 Å². The van der Waals surface area contributed by atoms with E-state index in [0.29, 0.717) is 21.6 Å². The van der Waals surface area contributed by atoms with Crippen molar-refractivity contribution < 1.29 is 14.5 Å². The van der Waals surface area contributed by atoms with Gasteiger partial charge < -0.3 is 10.0 Å². The first-order chi connectivity index (χ1) is 26.9. The fourth-order valence-corrected chi connectivity index (χ4v) is 8.88. The predicted molar refractivity (Wildman–Crippen MR) is 225 cm³/mol. The number of carbonyl (C=O) groups excluding carboxylic acids is 1. The zero-order valence-electron chi connectivity index (χ0n) is 33.2. The highest BCUT2D eigenvalue weighted by Crippen LogP contribution is 2.49. The van der Waals surface area contributed by atoms with Gasteiger partial charge in [0, 0.05) is 47.5 Å². The Morgan fingerprint density at radius 1 is 0.661 bits per heavy atom. The molecular weight excluding hydrogens is 693 g/mol. The van der Waals surface area contributed by atoms with Gasteiger partial charge in [-0.25, -0.2) is 0 Å². The van der Waals surface area contributed by atoms with E-state index in [1.54, 1.807) is 0 Å². The van der Waals surface area contributed by atoms with Gasteiger partial charge >= 0.3 is 0 Å². The summed E-state index contributed by atoms with van der Waals surface area (Å²) >= 11 is 0. The third-order valence-electron chi connectivity index (χ3n) is 12.2. The van der Waals surface area contributed by atoms with Gasteiger partial charge in [-0.15, -0.1) is 0 Å². The summed E-state index contributed by atoms with van der Waals surface area (Å²) in [6.07, 6.45) is 7.85. The van der Waals surface area contributed by atoms with E-state index >= 15 is 0 Å². The fourth-order valence-electron chi connectivity index (χ4n) is 8.88. The lowest BCUT2D eigenvalue weighted by Gasteiger charge is -2.29. The first-order valence-corrected chi connectivity index (χ1v) is 20.0. The number of ketones is 1. The lowest BCUT2D eigenvalue weighted by Crippen LogP contribution is -2.51. The van der Waals surface area contributed by atoms with Gasteiger partial charge in [-0.05, 0) is 58.8 Å². The second-order valence-electron chi connectivity index (χ2n) is 16.4. The maximum absolute atomic E-state index is 13.6. The largest absolute Gasteiger partial charge is 0.506 e. The van der Waals surface area contributed by atoms with Crippen molar-refractivity contribution in [2.24, 2.45) is 0 Å². The molecule has 0 unspecified atom stereocenters. The summed E-state index contributed by atoms with van der Waals surface area (Å²) in [5.74, 6) is -0.141. The molecule has 2 heterocycles. The molecule has 5 aromatic rings. The topological polar surface area (TPSA) is 77.7 Å². The number of benzene rings is 4. The lowest BCUT2D eigenvalue weighted by molar-refractivity contribution is -0.437. The average Bonchev–Trinajstić information content (AvgIpc) is 3.55. The van der Waals surface area contributed by atoms with Gasteiger partial charge in [-0.3, -0.25) is 14.4 Å². The van der Waals surface area contributed by atoms with Crippen molar-refractivity contribution in [3.05, 3.63) is 183 Å². The Balaban J connectivity index is 1.13.